The third-order valence-corrected chi connectivity index (χ3v) is 5.88. The molecular weight excluding hydrogens is 442 g/mol. The normalized spacial score (nSPS) is 17.3. The van der Waals surface area contributed by atoms with E-state index in [1.165, 1.54) is 12.5 Å². The van der Waals surface area contributed by atoms with Crippen LogP contribution in [0.5, 0.6) is 5.75 Å². The van der Waals surface area contributed by atoms with Crippen LogP contribution in [-0.4, -0.2) is 31.1 Å². The summed E-state index contributed by atoms with van der Waals surface area (Å²) < 4.78 is 13.0. The molecule has 3 aromatic rings. The number of likely N-dealkylation sites (tertiary alicyclic amines) is 1. The Labute approximate surface area is 177 Å². The van der Waals surface area contributed by atoms with Crippen molar-refractivity contribution in [3.05, 3.63) is 62.2 Å². The first-order chi connectivity index (χ1) is 13.5. The Morgan fingerprint density at radius 2 is 2.14 bits per heavy atom. The number of rotatable bonds is 5. The van der Waals surface area contributed by atoms with Crippen LogP contribution in [-0.2, 0) is 0 Å². The van der Waals surface area contributed by atoms with Crippen molar-refractivity contribution in [3.63, 3.8) is 0 Å². The van der Waals surface area contributed by atoms with Crippen molar-refractivity contribution in [3.8, 4) is 17.1 Å². The van der Waals surface area contributed by atoms with E-state index in [4.69, 9.17) is 20.8 Å². The van der Waals surface area contributed by atoms with E-state index in [0.717, 1.165) is 35.6 Å². The van der Waals surface area contributed by atoms with E-state index in [1.54, 1.807) is 18.2 Å². The average Bonchev–Trinajstić information content (AvgIpc) is 3.08. The minimum atomic E-state index is -0.126. The highest BCUT2D eigenvalue weighted by atomic mass is 79.9. The first-order valence-corrected chi connectivity index (χ1v) is 10.6. The number of halogens is 2. The molecule has 0 unspecified atom stereocenters. The van der Waals surface area contributed by atoms with Gasteiger partial charge < -0.3 is 9.15 Å². The molecule has 0 amide bonds. The number of ether oxygens (including phenoxy) is 1. The van der Waals surface area contributed by atoms with E-state index in [0.29, 0.717) is 34.1 Å². The van der Waals surface area contributed by atoms with E-state index in [9.17, 15) is 4.79 Å². The highest BCUT2D eigenvalue weighted by molar-refractivity contribution is 9.10. The summed E-state index contributed by atoms with van der Waals surface area (Å²) in [6.45, 7) is 5.97. The van der Waals surface area contributed by atoms with Gasteiger partial charge in [-0.1, -0.05) is 40.5 Å². The lowest BCUT2D eigenvalue weighted by atomic mass is 10.1. The van der Waals surface area contributed by atoms with Crippen LogP contribution < -0.4 is 10.2 Å². The zero-order valence-electron chi connectivity index (χ0n) is 15.6. The van der Waals surface area contributed by atoms with Crippen LogP contribution in [0.3, 0.4) is 0 Å². The molecule has 28 heavy (non-hydrogen) atoms. The summed E-state index contributed by atoms with van der Waals surface area (Å²) in [4.78, 5) is 15.0. The molecule has 0 aliphatic carbocycles. The van der Waals surface area contributed by atoms with Gasteiger partial charge in [0.15, 0.2) is 11.0 Å². The molecule has 1 aromatic heterocycles. The van der Waals surface area contributed by atoms with Gasteiger partial charge in [-0.2, -0.15) is 0 Å². The maximum Gasteiger partial charge on any atom is 0.193 e. The standard InChI is InChI=1S/C22H21BrClNO3/c1-14-7-8-25(13-14)9-10-27-20-11-15(23)5-6-17(20)21-12-19(26)16-3-2-4-18(24)22(16)28-21/h2-6,11-12,14H,7-10,13H2,1H3/t14-/m0/s1. The van der Waals surface area contributed by atoms with Crippen LogP contribution in [0, 0.1) is 5.92 Å². The maximum absolute atomic E-state index is 12.5. The molecule has 2 aromatic carbocycles. The van der Waals surface area contributed by atoms with Crippen LogP contribution in [0.15, 0.2) is 56.1 Å². The molecule has 4 nitrogen and oxygen atoms in total. The predicted octanol–water partition coefficient (Wildman–Crippen LogP) is 5.60. The van der Waals surface area contributed by atoms with Gasteiger partial charge in [0.1, 0.15) is 18.1 Å². The van der Waals surface area contributed by atoms with Crippen LogP contribution in [0.1, 0.15) is 13.3 Å². The molecule has 0 N–H and O–H groups in total. The Hall–Kier alpha value is -1.82. The number of nitrogens with zero attached hydrogens (tertiary/aromatic N) is 1. The van der Waals surface area contributed by atoms with Gasteiger partial charge in [0.25, 0.3) is 0 Å². The van der Waals surface area contributed by atoms with E-state index < -0.39 is 0 Å². The van der Waals surface area contributed by atoms with E-state index in [-0.39, 0.29) is 5.43 Å². The van der Waals surface area contributed by atoms with Crippen molar-refractivity contribution in [2.45, 2.75) is 13.3 Å². The third kappa shape index (κ3) is 4.12. The first kappa shape index (κ1) is 19.5. The molecule has 1 saturated heterocycles. The number of hydrogen-bond donors (Lipinski definition) is 0. The molecule has 1 aliphatic rings. The zero-order chi connectivity index (χ0) is 19.7. The second-order valence-electron chi connectivity index (χ2n) is 7.27. The van der Waals surface area contributed by atoms with E-state index in [1.807, 2.05) is 18.2 Å². The summed E-state index contributed by atoms with van der Waals surface area (Å²) in [6.07, 6.45) is 1.24. The Morgan fingerprint density at radius 1 is 1.29 bits per heavy atom. The van der Waals surface area contributed by atoms with Gasteiger partial charge in [-0.25, -0.2) is 0 Å². The summed E-state index contributed by atoms with van der Waals surface area (Å²) in [7, 11) is 0. The Balaban J connectivity index is 1.64. The topological polar surface area (TPSA) is 42.7 Å². The SMILES string of the molecule is C[C@H]1CCN(CCOc2cc(Br)ccc2-c2cc(=O)c3cccc(Cl)c3o2)C1. The Bertz CT molecular complexity index is 1070. The molecule has 2 heterocycles. The molecule has 1 aliphatic heterocycles. The van der Waals surface area contributed by atoms with Crippen LogP contribution in [0.4, 0.5) is 0 Å². The summed E-state index contributed by atoms with van der Waals surface area (Å²) in [6, 6.07) is 12.4. The smallest absolute Gasteiger partial charge is 0.193 e. The molecule has 4 rings (SSSR count). The van der Waals surface area contributed by atoms with Crippen molar-refractivity contribution in [2.24, 2.45) is 5.92 Å². The van der Waals surface area contributed by atoms with Gasteiger partial charge in [-0.3, -0.25) is 9.69 Å². The minimum absolute atomic E-state index is 0.126. The van der Waals surface area contributed by atoms with Gasteiger partial charge >= 0.3 is 0 Å². The molecule has 1 atom stereocenters. The molecule has 146 valence electrons. The Kier molecular flexibility index (Phi) is 5.76. The number of hydrogen-bond acceptors (Lipinski definition) is 4. The highest BCUT2D eigenvalue weighted by Crippen LogP contribution is 2.34. The van der Waals surface area contributed by atoms with Crippen molar-refractivity contribution < 1.29 is 9.15 Å². The van der Waals surface area contributed by atoms with Crippen molar-refractivity contribution in [1.29, 1.82) is 0 Å². The summed E-state index contributed by atoms with van der Waals surface area (Å²) >= 11 is 9.74. The number of fused-ring (bicyclic) bond motifs is 1. The molecule has 0 spiro atoms. The summed E-state index contributed by atoms with van der Waals surface area (Å²) in [5.74, 6) is 1.87. The van der Waals surface area contributed by atoms with Crippen LogP contribution in [0.25, 0.3) is 22.3 Å². The van der Waals surface area contributed by atoms with E-state index >= 15 is 0 Å². The van der Waals surface area contributed by atoms with Crippen LogP contribution >= 0.6 is 27.5 Å². The van der Waals surface area contributed by atoms with Gasteiger partial charge in [0.2, 0.25) is 0 Å². The number of benzene rings is 2. The van der Waals surface area contributed by atoms with Crippen molar-refractivity contribution >= 4 is 38.5 Å². The van der Waals surface area contributed by atoms with Crippen LogP contribution in [0.2, 0.25) is 5.02 Å². The molecule has 0 bridgehead atoms. The number of para-hydroxylation sites is 1. The Morgan fingerprint density at radius 3 is 2.93 bits per heavy atom. The highest BCUT2D eigenvalue weighted by Gasteiger charge is 2.19. The predicted molar refractivity (Wildman–Crippen MR) is 116 cm³/mol. The van der Waals surface area contributed by atoms with Gasteiger partial charge in [-0.15, -0.1) is 0 Å². The van der Waals surface area contributed by atoms with Gasteiger partial charge in [-0.05, 0) is 49.2 Å². The maximum atomic E-state index is 12.5. The van der Waals surface area contributed by atoms with Crippen molar-refractivity contribution in [1.82, 2.24) is 4.90 Å². The van der Waals surface area contributed by atoms with Gasteiger partial charge in [0, 0.05) is 23.6 Å². The first-order valence-electron chi connectivity index (χ1n) is 9.39. The lowest BCUT2D eigenvalue weighted by Crippen LogP contribution is -2.26. The summed E-state index contributed by atoms with van der Waals surface area (Å²) in [5.41, 5.74) is 1.00. The third-order valence-electron chi connectivity index (χ3n) is 5.09. The molecule has 6 heteroatoms. The largest absolute Gasteiger partial charge is 0.491 e. The molecular formula is C22H21BrClNO3. The minimum Gasteiger partial charge on any atom is -0.491 e. The molecule has 1 fully saturated rings. The monoisotopic (exact) mass is 461 g/mol. The second kappa shape index (κ2) is 8.27. The average molecular weight is 463 g/mol. The van der Waals surface area contributed by atoms with Gasteiger partial charge in [0.05, 0.1) is 16.0 Å². The molecule has 0 radical (unpaired) electrons. The van der Waals surface area contributed by atoms with E-state index in [2.05, 4.69) is 27.8 Å². The lowest BCUT2D eigenvalue weighted by molar-refractivity contribution is 0.234. The quantitative estimate of drug-likeness (QED) is 0.495. The fourth-order valence-electron chi connectivity index (χ4n) is 3.61. The molecule has 0 saturated carbocycles. The summed E-state index contributed by atoms with van der Waals surface area (Å²) in [5, 5.41) is 0.887. The zero-order valence-corrected chi connectivity index (χ0v) is 17.9. The second-order valence-corrected chi connectivity index (χ2v) is 8.60. The fraction of sp³-hybridized carbons (Fsp3) is 0.318. The van der Waals surface area contributed by atoms with Crippen molar-refractivity contribution in [2.75, 3.05) is 26.2 Å². The lowest BCUT2D eigenvalue weighted by Gasteiger charge is -2.17. The fourth-order valence-corrected chi connectivity index (χ4v) is 4.16.